The third-order valence-electron chi connectivity index (χ3n) is 5.41. The van der Waals surface area contributed by atoms with E-state index in [4.69, 9.17) is 12.2 Å². The van der Waals surface area contributed by atoms with Crippen molar-refractivity contribution in [2.45, 2.75) is 38.5 Å². The first-order valence-electron chi connectivity index (χ1n) is 10.5. The molecule has 1 aromatic rings. The predicted octanol–water partition coefficient (Wildman–Crippen LogP) is 3.40. The summed E-state index contributed by atoms with van der Waals surface area (Å²) in [4.78, 5) is 16.8. The summed E-state index contributed by atoms with van der Waals surface area (Å²) in [5.41, 5.74) is 2.43. The molecular weight excluding hydrogens is 368 g/mol. The van der Waals surface area contributed by atoms with Gasteiger partial charge in [-0.3, -0.25) is 9.69 Å². The Labute approximate surface area is 174 Å². The molecule has 5 nitrogen and oxygen atoms in total. The van der Waals surface area contributed by atoms with E-state index in [-0.39, 0.29) is 5.91 Å². The highest BCUT2D eigenvalue weighted by molar-refractivity contribution is 7.80. The Balaban J connectivity index is 1.37. The second-order valence-corrected chi connectivity index (χ2v) is 8.01. The van der Waals surface area contributed by atoms with Crippen molar-refractivity contribution in [3.05, 3.63) is 42.0 Å². The number of hydrogen-bond acceptors (Lipinski definition) is 3. The van der Waals surface area contributed by atoms with E-state index in [2.05, 4.69) is 26.5 Å². The van der Waals surface area contributed by atoms with Crippen molar-refractivity contribution in [2.24, 2.45) is 0 Å². The summed E-state index contributed by atoms with van der Waals surface area (Å²) in [6, 6.07) is 9.63. The Morgan fingerprint density at radius 1 is 1.04 bits per heavy atom. The number of anilines is 1. The first-order valence-corrected chi connectivity index (χ1v) is 10.9. The standard InChI is InChI=1S/C22H32N4OS/c27-21(24-20-10-5-2-6-11-20)18-25-14-7-15-26(17-16-25)22(28)23-13-12-19-8-3-1-4-9-19/h2,5-6,8,10-11H,1,3-4,7,9,12-18H2,(H,23,28)(H,24,27). The van der Waals surface area contributed by atoms with Gasteiger partial charge in [-0.25, -0.2) is 0 Å². The van der Waals surface area contributed by atoms with Crippen molar-refractivity contribution in [2.75, 3.05) is 44.6 Å². The van der Waals surface area contributed by atoms with Crippen molar-refractivity contribution in [3.63, 3.8) is 0 Å². The number of nitrogens with one attached hydrogen (secondary N) is 2. The first kappa shape index (κ1) is 20.8. The van der Waals surface area contributed by atoms with Gasteiger partial charge in [0.25, 0.3) is 0 Å². The van der Waals surface area contributed by atoms with Gasteiger partial charge < -0.3 is 15.5 Å². The molecule has 0 spiro atoms. The van der Waals surface area contributed by atoms with E-state index in [1.807, 2.05) is 30.3 Å². The minimum Gasteiger partial charge on any atom is -0.362 e. The van der Waals surface area contributed by atoms with Crippen LogP contribution in [0.1, 0.15) is 38.5 Å². The summed E-state index contributed by atoms with van der Waals surface area (Å²) in [7, 11) is 0. The lowest BCUT2D eigenvalue weighted by Crippen LogP contribution is -2.42. The smallest absolute Gasteiger partial charge is 0.238 e. The zero-order chi connectivity index (χ0) is 19.6. The summed E-state index contributed by atoms with van der Waals surface area (Å²) in [6.07, 6.45) is 9.67. The van der Waals surface area contributed by atoms with Crippen molar-refractivity contribution < 1.29 is 4.79 Å². The van der Waals surface area contributed by atoms with Gasteiger partial charge in [0.1, 0.15) is 0 Å². The second kappa shape index (κ2) is 11.2. The molecule has 2 N–H and O–H groups in total. The maximum atomic E-state index is 12.3. The van der Waals surface area contributed by atoms with Crippen LogP contribution < -0.4 is 10.6 Å². The Morgan fingerprint density at radius 2 is 1.89 bits per heavy atom. The largest absolute Gasteiger partial charge is 0.362 e. The van der Waals surface area contributed by atoms with E-state index in [1.54, 1.807) is 5.57 Å². The number of allylic oxidation sites excluding steroid dienone is 1. The molecule has 1 aliphatic heterocycles. The maximum Gasteiger partial charge on any atom is 0.238 e. The molecule has 1 aromatic carbocycles. The quantitative estimate of drug-likeness (QED) is 0.566. The SMILES string of the molecule is O=C(CN1CCCN(C(=S)NCCC2=CCCCC2)CC1)Nc1ccccc1. The van der Waals surface area contributed by atoms with Crippen LogP contribution in [0.3, 0.4) is 0 Å². The van der Waals surface area contributed by atoms with Gasteiger partial charge in [-0.15, -0.1) is 0 Å². The second-order valence-electron chi connectivity index (χ2n) is 7.62. The summed E-state index contributed by atoms with van der Waals surface area (Å²) in [5, 5.41) is 7.25. The molecule has 0 aromatic heterocycles. The highest BCUT2D eigenvalue weighted by atomic mass is 32.1. The summed E-state index contributed by atoms with van der Waals surface area (Å²) < 4.78 is 0. The molecule has 28 heavy (non-hydrogen) atoms. The van der Waals surface area contributed by atoms with Gasteiger partial charge in [-0.1, -0.05) is 29.8 Å². The average Bonchev–Trinajstić information content (AvgIpc) is 2.95. The van der Waals surface area contributed by atoms with Crippen LogP contribution in [0.5, 0.6) is 0 Å². The topological polar surface area (TPSA) is 47.6 Å². The van der Waals surface area contributed by atoms with E-state index < -0.39 is 0 Å². The van der Waals surface area contributed by atoms with Gasteiger partial charge in [-0.05, 0) is 62.9 Å². The van der Waals surface area contributed by atoms with E-state index in [0.29, 0.717) is 6.54 Å². The van der Waals surface area contributed by atoms with Crippen LogP contribution >= 0.6 is 12.2 Å². The van der Waals surface area contributed by atoms with E-state index in [9.17, 15) is 4.79 Å². The van der Waals surface area contributed by atoms with E-state index >= 15 is 0 Å². The molecule has 1 saturated heterocycles. The minimum atomic E-state index is 0.0427. The van der Waals surface area contributed by atoms with Crippen LogP contribution in [0.25, 0.3) is 0 Å². The number of benzene rings is 1. The zero-order valence-corrected chi connectivity index (χ0v) is 17.5. The highest BCUT2D eigenvalue weighted by Crippen LogP contribution is 2.19. The van der Waals surface area contributed by atoms with Crippen molar-refractivity contribution in [3.8, 4) is 0 Å². The molecule has 6 heteroatoms. The fourth-order valence-electron chi connectivity index (χ4n) is 3.83. The van der Waals surface area contributed by atoms with Gasteiger partial charge in [0.2, 0.25) is 5.91 Å². The number of hydrogen-bond donors (Lipinski definition) is 2. The Kier molecular flexibility index (Phi) is 8.30. The summed E-state index contributed by atoms with van der Waals surface area (Å²) in [5.74, 6) is 0.0427. The van der Waals surface area contributed by atoms with Gasteiger partial charge in [-0.2, -0.15) is 0 Å². The zero-order valence-electron chi connectivity index (χ0n) is 16.7. The van der Waals surface area contributed by atoms with Crippen LogP contribution in [0.15, 0.2) is 42.0 Å². The van der Waals surface area contributed by atoms with Gasteiger partial charge in [0.05, 0.1) is 6.54 Å². The molecule has 1 heterocycles. The molecule has 0 saturated carbocycles. The van der Waals surface area contributed by atoms with E-state index in [0.717, 1.165) is 56.4 Å². The highest BCUT2D eigenvalue weighted by Gasteiger charge is 2.18. The molecule has 3 rings (SSSR count). The number of thiocarbonyl (C=S) groups is 1. The van der Waals surface area contributed by atoms with Crippen molar-refractivity contribution >= 4 is 28.9 Å². The predicted molar refractivity (Wildman–Crippen MR) is 119 cm³/mol. The van der Waals surface area contributed by atoms with Gasteiger partial charge in [0, 0.05) is 38.4 Å². The Morgan fingerprint density at radius 3 is 2.68 bits per heavy atom. The molecule has 0 bridgehead atoms. The van der Waals surface area contributed by atoms with Crippen LogP contribution in [0, 0.1) is 0 Å². The third-order valence-corrected chi connectivity index (χ3v) is 5.81. The molecule has 0 unspecified atom stereocenters. The van der Waals surface area contributed by atoms with Crippen LogP contribution in [-0.2, 0) is 4.79 Å². The number of carbonyl (C=O) groups is 1. The van der Waals surface area contributed by atoms with E-state index in [1.165, 1.54) is 25.7 Å². The molecule has 1 fully saturated rings. The lowest BCUT2D eigenvalue weighted by atomic mass is 9.97. The normalized spacial score (nSPS) is 18.1. The molecular formula is C22H32N4OS. The lowest BCUT2D eigenvalue weighted by Gasteiger charge is -2.25. The molecule has 1 amide bonds. The molecule has 0 atom stereocenters. The molecule has 2 aliphatic rings. The third kappa shape index (κ3) is 6.91. The van der Waals surface area contributed by atoms with Crippen LogP contribution in [-0.4, -0.2) is 60.1 Å². The molecule has 1 aliphatic carbocycles. The van der Waals surface area contributed by atoms with Crippen molar-refractivity contribution in [1.29, 1.82) is 0 Å². The lowest BCUT2D eigenvalue weighted by molar-refractivity contribution is -0.117. The Bertz CT molecular complexity index is 676. The number of nitrogens with zero attached hydrogens (tertiary/aromatic N) is 2. The van der Waals surface area contributed by atoms with Crippen LogP contribution in [0.2, 0.25) is 0 Å². The number of carbonyl (C=O) groups excluding carboxylic acids is 1. The number of rotatable bonds is 6. The minimum absolute atomic E-state index is 0.0427. The molecule has 152 valence electrons. The maximum absolute atomic E-state index is 12.3. The first-order chi connectivity index (χ1) is 13.7. The fourth-order valence-corrected chi connectivity index (χ4v) is 4.12. The molecule has 0 radical (unpaired) electrons. The van der Waals surface area contributed by atoms with Crippen LogP contribution in [0.4, 0.5) is 5.69 Å². The Hall–Kier alpha value is -1.92. The summed E-state index contributed by atoms with van der Waals surface area (Å²) >= 11 is 5.61. The fraction of sp³-hybridized carbons (Fsp3) is 0.545. The average molecular weight is 401 g/mol. The number of amides is 1. The van der Waals surface area contributed by atoms with Gasteiger partial charge >= 0.3 is 0 Å². The van der Waals surface area contributed by atoms with Gasteiger partial charge in [0.15, 0.2) is 5.11 Å². The summed E-state index contributed by atoms with van der Waals surface area (Å²) in [6.45, 7) is 4.95. The monoisotopic (exact) mass is 400 g/mol. The van der Waals surface area contributed by atoms with Crippen molar-refractivity contribution in [1.82, 2.24) is 15.1 Å². The number of para-hydroxylation sites is 1.